The smallest absolute Gasteiger partial charge is 0.335 e. The summed E-state index contributed by atoms with van der Waals surface area (Å²) in [5.41, 5.74) is 8.96. The Morgan fingerprint density at radius 1 is 1.40 bits per heavy atom. The number of aromatic carboxylic acids is 1. The molecule has 0 unspecified atom stereocenters. The van der Waals surface area contributed by atoms with Gasteiger partial charge in [0.05, 0.1) is 11.1 Å². The van der Waals surface area contributed by atoms with E-state index in [1.165, 1.54) is 0 Å². The molecule has 5 heteroatoms. The lowest BCUT2D eigenvalue weighted by molar-refractivity contribution is 0.0697. The second kappa shape index (κ2) is 6.07. The highest BCUT2D eigenvalue weighted by Crippen LogP contribution is 2.27. The van der Waals surface area contributed by atoms with Crippen LogP contribution in [-0.4, -0.2) is 33.9 Å². The topological polar surface area (TPSA) is 88.5 Å². The van der Waals surface area contributed by atoms with Crippen molar-refractivity contribution in [3.63, 3.8) is 0 Å². The molecule has 0 aliphatic carbocycles. The molecule has 2 rings (SSSR count). The number of carboxylic acid groups (broad SMARTS) is 1. The largest absolute Gasteiger partial charge is 0.478 e. The van der Waals surface area contributed by atoms with E-state index in [0.717, 1.165) is 28.5 Å². The van der Waals surface area contributed by atoms with Gasteiger partial charge in [0.1, 0.15) is 0 Å². The molecule has 2 aromatic rings. The van der Waals surface area contributed by atoms with Gasteiger partial charge in [-0.15, -0.1) is 0 Å². The highest BCUT2D eigenvalue weighted by molar-refractivity contribution is 5.96. The van der Waals surface area contributed by atoms with E-state index in [0.29, 0.717) is 25.1 Å². The number of hydrogen-bond acceptors (Lipinski definition) is 3. The fraction of sp³-hybridized carbons (Fsp3) is 0.400. The number of aryl methyl sites for hydroxylation is 2. The third-order valence-corrected chi connectivity index (χ3v) is 3.47. The maximum Gasteiger partial charge on any atom is 0.335 e. The standard InChI is InChI=1S/C15H20N2O3/c1-10-7-12(15(19)20)8-13-11(3-2-6-18)9-17(5-4-16)14(10)13/h7-9,18H,2-6,16H2,1H3,(H,19,20). The number of fused-ring (bicyclic) bond motifs is 1. The molecule has 0 radical (unpaired) electrons. The lowest BCUT2D eigenvalue weighted by atomic mass is 10.0. The van der Waals surface area contributed by atoms with Gasteiger partial charge in [0.15, 0.2) is 0 Å². The quantitative estimate of drug-likeness (QED) is 0.746. The van der Waals surface area contributed by atoms with Crippen LogP contribution in [0.4, 0.5) is 0 Å². The molecular weight excluding hydrogens is 256 g/mol. The van der Waals surface area contributed by atoms with E-state index in [1.807, 2.05) is 13.1 Å². The first-order valence-corrected chi connectivity index (χ1v) is 6.75. The van der Waals surface area contributed by atoms with E-state index in [1.54, 1.807) is 12.1 Å². The Labute approximate surface area is 117 Å². The van der Waals surface area contributed by atoms with Gasteiger partial charge in [0.2, 0.25) is 0 Å². The van der Waals surface area contributed by atoms with Gasteiger partial charge >= 0.3 is 5.97 Å². The molecule has 1 heterocycles. The summed E-state index contributed by atoms with van der Waals surface area (Å²) in [4.78, 5) is 11.2. The fourth-order valence-corrected chi connectivity index (χ4v) is 2.64. The second-order valence-corrected chi connectivity index (χ2v) is 4.96. The molecule has 0 saturated heterocycles. The first-order valence-electron chi connectivity index (χ1n) is 6.75. The van der Waals surface area contributed by atoms with Gasteiger partial charge in [-0.1, -0.05) is 0 Å². The predicted octanol–water partition coefficient (Wildman–Crippen LogP) is 1.53. The van der Waals surface area contributed by atoms with Crippen molar-refractivity contribution < 1.29 is 15.0 Å². The van der Waals surface area contributed by atoms with Crippen LogP contribution in [0.25, 0.3) is 10.9 Å². The number of carbonyl (C=O) groups is 1. The zero-order valence-corrected chi connectivity index (χ0v) is 11.6. The van der Waals surface area contributed by atoms with E-state index < -0.39 is 5.97 Å². The highest BCUT2D eigenvalue weighted by Gasteiger charge is 2.14. The third-order valence-electron chi connectivity index (χ3n) is 3.47. The number of nitrogens with two attached hydrogens (primary N) is 1. The summed E-state index contributed by atoms with van der Waals surface area (Å²) >= 11 is 0. The minimum absolute atomic E-state index is 0.126. The lowest BCUT2D eigenvalue weighted by Crippen LogP contribution is -2.09. The molecule has 108 valence electrons. The van der Waals surface area contributed by atoms with E-state index in [9.17, 15) is 9.90 Å². The number of aliphatic hydroxyl groups is 1. The Bertz CT molecular complexity index is 632. The van der Waals surface area contributed by atoms with Crippen LogP contribution in [0.15, 0.2) is 18.3 Å². The third kappa shape index (κ3) is 2.69. The molecule has 0 bridgehead atoms. The van der Waals surface area contributed by atoms with Crippen molar-refractivity contribution in [1.82, 2.24) is 4.57 Å². The summed E-state index contributed by atoms with van der Waals surface area (Å²) in [6.07, 6.45) is 3.41. The number of aliphatic hydroxyl groups excluding tert-OH is 1. The van der Waals surface area contributed by atoms with E-state index in [-0.39, 0.29) is 6.61 Å². The molecule has 1 aromatic carbocycles. The van der Waals surface area contributed by atoms with E-state index in [2.05, 4.69) is 4.57 Å². The Morgan fingerprint density at radius 2 is 2.15 bits per heavy atom. The Kier molecular flexibility index (Phi) is 4.42. The molecular formula is C15H20N2O3. The first kappa shape index (κ1) is 14.6. The van der Waals surface area contributed by atoms with Gasteiger partial charge < -0.3 is 20.5 Å². The Morgan fingerprint density at radius 3 is 2.75 bits per heavy atom. The summed E-state index contributed by atoms with van der Waals surface area (Å²) < 4.78 is 2.07. The molecule has 0 saturated carbocycles. The second-order valence-electron chi connectivity index (χ2n) is 4.96. The number of benzene rings is 1. The number of aromatic nitrogens is 1. The van der Waals surface area contributed by atoms with Gasteiger partial charge in [-0.3, -0.25) is 0 Å². The van der Waals surface area contributed by atoms with E-state index >= 15 is 0 Å². The number of hydrogen-bond donors (Lipinski definition) is 3. The van der Waals surface area contributed by atoms with Crippen molar-refractivity contribution in [2.45, 2.75) is 26.3 Å². The van der Waals surface area contributed by atoms with Crippen molar-refractivity contribution in [2.24, 2.45) is 5.73 Å². The van der Waals surface area contributed by atoms with Crippen molar-refractivity contribution in [3.8, 4) is 0 Å². The van der Waals surface area contributed by atoms with Crippen molar-refractivity contribution >= 4 is 16.9 Å². The molecule has 0 aliphatic heterocycles. The summed E-state index contributed by atoms with van der Waals surface area (Å²) in [6, 6.07) is 3.40. The number of rotatable bonds is 6. The summed E-state index contributed by atoms with van der Waals surface area (Å²) in [5.74, 6) is -0.922. The first-order chi connectivity index (χ1) is 9.58. The summed E-state index contributed by atoms with van der Waals surface area (Å²) in [7, 11) is 0. The molecule has 20 heavy (non-hydrogen) atoms. The SMILES string of the molecule is Cc1cc(C(=O)O)cc2c(CCCO)cn(CCN)c12. The van der Waals surface area contributed by atoms with Crippen molar-refractivity contribution in [3.05, 3.63) is 35.0 Å². The van der Waals surface area contributed by atoms with Crippen molar-refractivity contribution in [2.75, 3.05) is 13.2 Å². The molecule has 0 atom stereocenters. The maximum atomic E-state index is 11.2. The summed E-state index contributed by atoms with van der Waals surface area (Å²) in [5, 5.41) is 19.1. The zero-order valence-electron chi connectivity index (χ0n) is 11.6. The minimum Gasteiger partial charge on any atom is -0.478 e. The van der Waals surface area contributed by atoms with Gasteiger partial charge in [-0.2, -0.15) is 0 Å². The lowest BCUT2D eigenvalue weighted by Gasteiger charge is -2.07. The normalized spacial score (nSPS) is 11.2. The predicted molar refractivity (Wildman–Crippen MR) is 78.1 cm³/mol. The van der Waals surface area contributed by atoms with Gasteiger partial charge in [0.25, 0.3) is 0 Å². The van der Waals surface area contributed by atoms with Crippen LogP contribution in [0.1, 0.15) is 27.9 Å². The van der Waals surface area contributed by atoms with Gasteiger partial charge in [-0.25, -0.2) is 4.79 Å². The van der Waals surface area contributed by atoms with Crippen LogP contribution in [0.2, 0.25) is 0 Å². The van der Waals surface area contributed by atoms with E-state index in [4.69, 9.17) is 10.8 Å². The van der Waals surface area contributed by atoms with Crippen LogP contribution in [-0.2, 0) is 13.0 Å². The van der Waals surface area contributed by atoms with Crippen LogP contribution in [0, 0.1) is 6.92 Å². The van der Waals surface area contributed by atoms with Crippen LogP contribution in [0.3, 0.4) is 0 Å². The van der Waals surface area contributed by atoms with Crippen LogP contribution in [0.5, 0.6) is 0 Å². The average molecular weight is 276 g/mol. The van der Waals surface area contributed by atoms with Crippen LogP contribution >= 0.6 is 0 Å². The average Bonchev–Trinajstić information content (AvgIpc) is 2.75. The molecule has 0 aliphatic rings. The molecule has 0 fully saturated rings. The fourth-order valence-electron chi connectivity index (χ4n) is 2.64. The minimum atomic E-state index is -0.922. The summed E-state index contributed by atoms with van der Waals surface area (Å²) in [6.45, 7) is 3.27. The molecule has 1 aromatic heterocycles. The maximum absolute atomic E-state index is 11.2. The van der Waals surface area contributed by atoms with Gasteiger partial charge in [0, 0.05) is 31.3 Å². The number of nitrogens with zero attached hydrogens (tertiary/aromatic N) is 1. The zero-order chi connectivity index (χ0) is 14.7. The molecule has 0 spiro atoms. The molecule has 4 N–H and O–H groups in total. The molecule has 0 amide bonds. The monoisotopic (exact) mass is 276 g/mol. The molecule has 5 nitrogen and oxygen atoms in total. The van der Waals surface area contributed by atoms with Crippen molar-refractivity contribution in [1.29, 1.82) is 0 Å². The van der Waals surface area contributed by atoms with Crippen LogP contribution < -0.4 is 5.73 Å². The Hall–Kier alpha value is -1.85. The Balaban J connectivity index is 2.62. The number of carboxylic acids is 1. The van der Waals surface area contributed by atoms with Gasteiger partial charge in [-0.05, 0) is 43.0 Å². The highest BCUT2D eigenvalue weighted by atomic mass is 16.4.